The first-order chi connectivity index (χ1) is 9.37. The summed E-state index contributed by atoms with van der Waals surface area (Å²) in [4.78, 5) is 0.320. The molecular formula is C14H21BrN2O2S. The van der Waals surface area contributed by atoms with E-state index in [1.165, 1.54) is 0 Å². The number of hydrogen-bond acceptors (Lipinski definition) is 3. The van der Waals surface area contributed by atoms with Crippen LogP contribution in [0, 0.1) is 0 Å². The summed E-state index contributed by atoms with van der Waals surface area (Å²) in [7, 11) is -3.49. The Morgan fingerprint density at radius 2 is 1.90 bits per heavy atom. The molecule has 0 saturated carbocycles. The van der Waals surface area contributed by atoms with Crippen molar-refractivity contribution in [2.45, 2.75) is 56.6 Å². The largest absolute Gasteiger partial charge is 0.326 e. The van der Waals surface area contributed by atoms with Gasteiger partial charge in [0.1, 0.15) is 0 Å². The van der Waals surface area contributed by atoms with E-state index in [0.717, 1.165) is 24.8 Å². The van der Waals surface area contributed by atoms with Crippen LogP contribution in [0.3, 0.4) is 0 Å². The highest BCUT2D eigenvalue weighted by Crippen LogP contribution is 2.33. The predicted octanol–water partition coefficient (Wildman–Crippen LogP) is 2.86. The first kappa shape index (κ1) is 15.9. The monoisotopic (exact) mass is 360 g/mol. The minimum Gasteiger partial charge on any atom is -0.326 e. The van der Waals surface area contributed by atoms with Gasteiger partial charge in [-0.1, -0.05) is 12.5 Å². The van der Waals surface area contributed by atoms with Crippen LogP contribution in [0.15, 0.2) is 27.6 Å². The van der Waals surface area contributed by atoms with Gasteiger partial charge >= 0.3 is 0 Å². The Labute approximate surface area is 129 Å². The molecule has 1 aliphatic heterocycles. The Hall–Kier alpha value is -0.430. The molecule has 1 aromatic rings. The highest BCUT2D eigenvalue weighted by Gasteiger charge is 2.36. The van der Waals surface area contributed by atoms with Gasteiger partial charge in [-0.2, -0.15) is 4.31 Å². The minimum absolute atomic E-state index is 0.0391. The number of benzene rings is 1. The lowest BCUT2D eigenvalue weighted by molar-refractivity contribution is 0.204. The summed E-state index contributed by atoms with van der Waals surface area (Å²) in [6.45, 7) is 4.29. The maximum Gasteiger partial charge on any atom is 0.244 e. The van der Waals surface area contributed by atoms with E-state index in [0.29, 0.717) is 15.9 Å². The summed E-state index contributed by atoms with van der Waals surface area (Å²) in [5.41, 5.74) is 6.44. The van der Waals surface area contributed by atoms with Gasteiger partial charge in [0.25, 0.3) is 0 Å². The molecule has 4 nitrogen and oxygen atoms in total. The van der Waals surface area contributed by atoms with Crippen molar-refractivity contribution in [2.24, 2.45) is 5.73 Å². The quantitative estimate of drug-likeness (QED) is 0.901. The fraction of sp³-hybridized carbons (Fsp3) is 0.571. The van der Waals surface area contributed by atoms with Gasteiger partial charge in [0.15, 0.2) is 0 Å². The molecule has 2 atom stereocenters. The van der Waals surface area contributed by atoms with E-state index in [1.807, 2.05) is 19.9 Å². The van der Waals surface area contributed by atoms with Crippen molar-refractivity contribution in [1.82, 2.24) is 4.31 Å². The highest BCUT2D eigenvalue weighted by molar-refractivity contribution is 9.10. The second-order valence-electron chi connectivity index (χ2n) is 5.43. The van der Waals surface area contributed by atoms with Crippen LogP contribution in [-0.2, 0) is 16.6 Å². The van der Waals surface area contributed by atoms with Gasteiger partial charge < -0.3 is 5.73 Å². The highest BCUT2D eigenvalue weighted by atomic mass is 79.9. The van der Waals surface area contributed by atoms with Crippen molar-refractivity contribution in [1.29, 1.82) is 0 Å². The molecule has 0 amide bonds. The molecule has 1 saturated heterocycles. The predicted molar refractivity (Wildman–Crippen MR) is 83.8 cm³/mol. The first-order valence-electron chi connectivity index (χ1n) is 6.90. The summed E-state index contributed by atoms with van der Waals surface area (Å²) < 4.78 is 28.2. The number of rotatable bonds is 3. The molecule has 1 heterocycles. The van der Waals surface area contributed by atoms with Crippen LogP contribution in [0.4, 0.5) is 0 Å². The molecular weight excluding hydrogens is 340 g/mol. The molecule has 2 rings (SSSR count). The van der Waals surface area contributed by atoms with Crippen molar-refractivity contribution in [3.8, 4) is 0 Å². The lowest BCUT2D eigenvalue weighted by Gasteiger charge is -2.37. The number of sulfonamides is 1. The second-order valence-corrected chi connectivity index (χ2v) is 8.10. The zero-order valence-electron chi connectivity index (χ0n) is 11.8. The molecule has 20 heavy (non-hydrogen) atoms. The van der Waals surface area contributed by atoms with Crippen LogP contribution in [0.1, 0.15) is 38.7 Å². The third kappa shape index (κ3) is 2.93. The second kappa shape index (κ2) is 6.13. The van der Waals surface area contributed by atoms with Crippen LogP contribution < -0.4 is 5.73 Å². The third-order valence-electron chi connectivity index (χ3n) is 3.90. The van der Waals surface area contributed by atoms with Crippen LogP contribution in [0.5, 0.6) is 0 Å². The SMILES string of the molecule is C[C@@H]1CCC[C@H](C)N1S(=O)(=O)c1cc(CN)ccc1Br. The smallest absolute Gasteiger partial charge is 0.244 e. The maximum absolute atomic E-state index is 13.0. The molecule has 1 fully saturated rings. The fourth-order valence-corrected chi connectivity index (χ4v) is 5.72. The van der Waals surface area contributed by atoms with E-state index in [1.54, 1.807) is 16.4 Å². The van der Waals surface area contributed by atoms with E-state index in [9.17, 15) is 8.42 Å². The van der Waals surface area contributed by atoms with E-state index < -0.39 is 10.0 Å². The van der Waals surface area contributed by atoms with E-state index in [4.69, 9.17) is 5.73 Å². The topological polar surface area (TPSA) is 63.4 Å². The summed E-state index contributed by atoms with van der Waals surface area (Å²) in [5, 5.41) is 0. The Morgan fingerprint density at radius 1 is 1.30 bits per heavy atom. The first-order valence-corrected chi connectivity index (χ1v) is 9.13. The molecule has 0 spiro atoms. The van der Waals surface area contributed by atoms with E-state index in [2.05, 4.69) is 15.9 Å². The van der Waals surface area contributed by atoms with Gasteiger partial charge in [-0.3, -0.25) is 0 Å². The van der Waals surface area contributed by atoms with Crippen molar-refractivity contribution >= 4 is 26.0 Å². The Bertz CT molecular complexity index is 579. The molecule has 0 aromatic heterocycles. The Morgan fingerprint density at radius 3 is 2.45 bits per heavy atom. The van der Waals surface area contributed by atoms with E-state index in [-0.39, 0.29) is 12.1 Å². The molecule has 1 aromatic carbocycles. The van der Waals surface area contributed by atoms with Crippen molar-refractivity contribution in [2.75, 3.05) is 0 Å². The molecule has 0 bridgehead atoms. The number of hydrogen-bond donors (Lipinski definition) is 1. The van der Waals surface area contributed by atoms with Gasteiger partial charge in [-0.05, 0) is 60.3 Å². The molecule has 0 unspecified atom stereocenters. The average Bonchev–Trinajstić information content (AvgIpc) is 2.38. The summed E-state index contributed by atoms with van der Waals surface area (Å²) in [5.74, 6) is 0. The number of halogens is 1. The van der Waals surface area contributed by atoms with E-state index >= 15 is 0 Å². The van der Waals surface area contributed by atoms with Crippen LogP contribution in [-0.4, -0.2) is 24.8 Å². The molecule has 0 radical (unpaired) electrons. The average molecular weight is 361 g/mol. The van der Waals surface area contributed by atoms with Gasteiger partial charge in [0, 0.05) is 23.1 Å². The van der Waals surface area contributed by atoms with Crippen LogP contribution in [0.25, 0.3) is 0 Å². The number of nitrogens with zero attached hydrogens (tertiary/aromatic N) is 1. The lowest BCUT2D eigenvalue weighted by Crippen LogP contribution is -2.47. The standard InChI is InChI=1S/C14H21BrN2O2S/c1-10-4-3-5-11(2)17(10)20(18,19)14-8-12(9-16)6-7-13(14)15/h6-8,10-11H,3-5,9,16H2,1-2H3/t10-,11+. The molecule has 0 aliphatic carbocycles. The van der Waals surface area contributed by atoms with Gasteiger partial charge in [0.05, 0.1) is 4.90 Å². The van der Waals surface area contributed by atoms with Crippen molar-refractivity contribution in [3.63, 3.8) is 0 Å². The van der Waals surface area contributed by atoms with Crippen molar-refractivity contribution < 1.29 is 8.42 Å². The lowest BCUT2D eigenvalue weighted by atomic mass is 10.0. The molecule has 1 aliphatic rings. The summed E-state index contributed by atoms with van der Waals surface area (Å²) in [6, 6.07) is 5.35. The third-order valence-corrected chi connectivity index (χ3v) is 7.02. The summed E-state index contributed by atoms with van der Waals surface area (Å²) in [6.07, 6.45) is 2.91. The Balaban J connectivity index is 2.49. The molecule has 2 N–H and O–H groups in total. The number of nitrogens with two attached hydrogens (primary N) is 1. The zero-order chi connectivity index (χ0) is 14.9. The zero-order valence-corrected chi connectivity index (χ0v) is 14.2. The Kier molecular flexibility index (Phi) is 4.89. The number of piperidine rings is 1. The molecule has 112 valence electrons. The summed E-state index contributed by atoms with van der Waals surface area (Å²) >= 11 is 3.36. The van der Waals surface area contributed by atoms with Gasteiger partial charge in [-0.25, -0.2) is 8.42 Å². The fourth-order valence-electron chi connectivity index (χ4n) is 2.86. The maximum atomic E-state index is 13.0. The van der Waals surface area contributed by atoms with Gasteiger partial charge in [-0.15, -0.1) is 0 Å². The minimum atomic E-state index is -3.49. The van der Waals surface area contributed by atoms with Gasteiger partial charge in [0.2, 0.25) is 10.0 Å². The molecule has 6 heteroatoms. The van der Waals surface area contributed by atoms with Crippen molar-refractivity contribution in [3.05, 3.63) is 28.2 Å². The normalized spacial score (nSPS) is 24.8. The van der Waals surface area contributed by atoms with Crippen LogP contribution >= 0.6 is 15.9 Å². The van der Waals surface area contributed by atoms with Crippen LogP contribution in [0.2, 0.25) is 0 Å².